The van der Waals surface area contributed by atoms with Crippen molar-refractivity contribution >= 4 is 30.8 Å². The third kappa shape index (κ3) is 8.57. The third-order valence-corrected chi connectivity index (χ3v) is 5.93. The maximum absolute atomic E-state index is 15.5. The molecule has 0 radical (unpaired) electrons. The molecule has 234 valence electrons. The van der Waals surface area contributed by atoms with E-state index in [0.29, 0.717) is 10.4 Å². The number of amides is 2. The summed E-state index contributed by atoms with van der Waals surface area (Å²) in [6.45, 7) is 12.2. The molecule has 1 saturated heterocycles. The molecule has 2 atom stereocenters. The van der Waals surface area contributed by atoms with E-state index in [2.05, 4.69) is 4.99 Å². The minimum atomic E-state index is -4.72. The molecule has 2 aliphatic heterocycles. The number of amidine groups is 1. The molecule has 2 aliphatic rings. The van der Waals surface area contributed by atoms with E-state index in [1.165, 1.54) is 19.1 Å². The van der Waals surface area contributed by atoms with Crippen molar-refractivity contribution in [2.75, 3.05) is 19.8 Å². The van der Waals surface area contributed by atoms with Crippen LogP contribution < -0.4 is 5.46 Å². The Morgan fingerprint density at radius 2 is 1.62 bits per heavy atom. The summed E-state index contributed by atoms with van der Waals surface area (Å²) in [4.78, 5) is 31.1. The van der Waals surface area contributed by atoms with E-state index in [4.69, 9.17) is 28.3 Å². The molecule has 2 amide bonds. The van der Waals surface area contributed by atoms with Crippen molar-refractivity contribution in [3.05, 3.63) is 29.6 Å². The van der Waals surface area contributed by atoms with Crippen LogP contribution in [0.3, 0.4) is 0 Å². The fraction of sp³-hybridized carbons (Fsp3) is 0.667. The Morgan fingerprint density at radius 3 is 2.10 bits per heavy atom. The normalized spacial score (nSPS) is 22.7. The molecular formula is C27H37BF4N2O8. The summed E-state index contributed by atoms with van der Waals surface area (Å²) >= 11 is 0. The highest BCUT2D eigenvalue weighted by molar-refractivity contribution is 6.61. The summed E-state index contributed by atoms with van der Waals surface area (Å²) in [6.07, 6.45) is -8.68. The van der Waals surface area contributed by atoms with Crippen LogP contribution in [0, 0.1) is 5.82 Å². The first kappa shape index (κ1) is 33.6. The van der Waals surface area contributed by atoms with Gasteiger partial charge in [-0.15, -0.1) is 4.90 Å². The zero-order valence-electron chi connectivity index (χ0n) is 25.2. The van der Waals surface area contributed by atoms with Crippen molar-refractivity contribution in [2.45, 2.75) is 96.9 Å². The van der Waals surface area contributed by atoms with Crippen molar-refractivity contribution < 1.29 is 55.4 Å². The number of benzene rings is 1. The molecule has 10 nitrogen and oxygen atoms in total. The largest absolute Gasteiger partial charge is 0.494 e. The molecule has 2 heterocycles. The van der Waals surface area contributed by atoms with Crippen LogP contribution in [0.5, 0.6) is 0 Å². The Bertz CT molecular complexity index is 1180. The highest BCUT2D eigenvalue weighted by atomic mass is 19.4. The minimum absolute atomic E-state index is 0.210. The smallest absolute Gasteiger partial charge is 0.462 e. The van der Waals surface area contributed by atoms with Gasteiger partial charge in [-0.05, 0) is 73.8 Å². The van der Waals surface area contributed by atoms with Crippen LogP contribution >= 0.6 is 0 Å². The number of hydrogen-bond donors (Lipinski definition) is 0. The lowest BCUT2D eigenvalue weighted by molar-refractivity contribution is -0.197. The molecule has 42 heavy (non-hydrogen) atoms. The number of carbonyl (C=O) groups excluding carboxylic acids is 2. The highest BCUT2D eigenvalue weighted by Crippen LogP contribution is 2.38. The molecule has 1 aromatic rings. The molecule has 0 aliphatic carbocycles. The third-order valence-electron chi connectivity index (χ3n) is 5.93. The van der Waals surface area contributed by atoms with Crippen LogP contribution in [0.1, 0.15) is 67.9 Å². The van der Waals surface area contributed by atoms with Gasteiger partial charge < -0.3 is 28.3 Å². The summed E-state index contributed by atoms with van der Waals surface area (Å²) in [5.41, 5.74) is -4.55. The van der Waals surface area contributed by atoms with Gasteiger partial charge >= 0.3 is 31.5 Å². The van der Waals surface area contributed by atoms with E-state index in [1.807, 2.05) is 0 Å². The molecule has 1 fully saturated rings. The number of halogens is 4. The Balaban J connectivity index is 2.15. The average Bonchev–Trinajstić information content (AvgIpc) is 3.15. The predicted octanol–water partition coefficient (Wildman–Crippen LogP) is 5.07. The topological polar surface area (TPSA) is 105 Å². The molecule has 0 spiro atoms. The summed E-state index contributed by atoms with van der Waals surface area (Å²) in [5, 5.41) is 0. The van der Waals surface area contributed by atoms with Crippen molar-refractivity contribution in [1.82, 2.24) is 4.90 Å². The maximum Gasteiger partial charge on any atom is 0.494 e. The SMILES string of the molecule is CC(C)(C)OC(=O)N(C(=O)OC(C)(C)C)C1=N[C@](C)(c2cc(B3OCC(C)(C)O3)ccc2F)[C@@H](OCC(F)(F)F)CO1. The lowest BCUT2D eigenvalue weighted by atomic mass is 9.75. The summed E-state index contributed by atoms with van der Waals surface area (Å²) in [6, 6.07) is 3.17. The van der Waals surface area contributed by atoms with Gasteiger partial charge in [0.15, 0.2) is 0 Å². The minimum Gasteiger partial charge on any atom is -0.462 e. The molecule has 0 bridgehead atoms. The summed E-state index contributed by atoms with van der Waals surface area (Å²) in [7, 11) is -0.888. The van der Waals surface area contributed by atoms with Crippen LogP contribution in [0.15, 0.2) is 23.2 Å². The van der Waals surface area contributed by atoms with Crippen LogP contribution in [0.2, 0.25) is 0 Å². The van der Waals surface area contributed by atoms with Gasteiger partial charge in [0.25, 0.3) is 0 Å². The molecule has 1 aromatic carbocycles. The zero-order valence-corrected chi connectivity index (χ0v) is 25.2. The van der Waals surface area contributed by atoms with E-state index in [9.17, 15) is 22.8 Å². The van der Waals surface area contributed by atoms with Gasteiger partial charge in [-0.2, -0.15) is 13.2 Å². The Morgan fingerprint density at radius 1 is 1.05 bits per heavy atom. The van der Waals surface area contributed by atoms with Crippen molar-refractivity contribution in [3.63, 3.8) is 0 Å². The first-order valence-corrected chi connectivity index (χ1v) is 13.3. The lowest BCUT2D eigenvalue weighted by Crippen LogP contribution is -2.54. The lowest BCUT2D eigenvalue weighted by Gasteiger charge is -2.40. The number of carbonyl (C=O) groups is 2. The van der Waals surface area contributed by atoms with Gasteiger partial charge in [0, 0.05) is 5.56 Å². The molecule has 15 heteroatoms. The number of nitrogens with zero attached hydrogens (tertiary/aromatic N) is 2. The molecule has 0 unspecified atom stereocenters. The van der Waals surface area contributed by atoms with Gasteiger partial charge in [0.1, 0.15) is 41.9 Å². The molecular weight excluding hydrogens is 567 g/mol. The van der Waals surface area contributed by atoms with Crippen LogP contribution in [-0.2, 0) is 33.8 Å². The summed E-state index contributed by atoms with van der Waals surface area (Å²) in [5.74, 6) is -0.842. The first-order valence-electron chi connectivity index (χ1n) is 13.3. The molecule has 3 rings (SSSR count). The number of ether oxygens (including phenoxy) is 4. The fourth-order valence-electron chi connectivity index (χ4n) is 4.09. The Hall–Kier alpha value is -2.91. The van der Waals surface area contributed by atoms with Gasteiger partial charge in [-0.3, -0.25) is 0 Å². The highest BCUT2D eigenvalue weighted by Gasteiger charge is 2.49. The van der Waals surface area contributed by atoms with E-state index < -0.39 is 79.0 Å². The van der Waals surface area contributed by atoms with Crippen molar-refractivity contribution in [1.29, 1.82) is 0 Å². The quantitative estimate of drug-likeness (QED) is 0.347. The number of alkyl halides is 3. The van der Waals surface area contributed by atoms with Crippen LogP contribution in [0.4, 0.5) is 27.2 Å². The fourth-order valence-corrected chi connectivity index (χ4v) is 4.09. The zero-order chi connectivity index (χ0) is 31.9. The molecule has 0 saturated carbocycles. The predicted molar refractivity (Wildman–Crippen MR) is 144 cm³/mol. The number of aliphatic imine (C=N–C) groups is 1. The van der Waals surface area contributed by atoms with Crippen LogP contribution in [-0.4, -0.2) is 79.1 Å². The average molecular weight is 604 g/mol. The van der Waals surface area contributed by atoms with E-state index in [-0.39, 0.29) is 12.2 Å². The second-order valence-electron chi connectivity index (χ2n) is 12.8. The van der Waals surface area contributed by atoms with Gasteiger partial charge in [-0.25, -0.2) is 19.0 Å². The summed E-state index contributed by atoms with van der Waals surface area (Å²) < 4.78 is 88.0. The van der Waals surface area contributed by atoms with E-state index in [1.54, 1.807) is 55.4 Å². The number of imide groups is 1. The maximum atomic E-state index is 15.5. The standard InChI is InChI=1S/C27H37BF4N2O8/c1-23(2,3)40-21(35)34(22(36)41-24(4,5)6)20-33-26(9,19(13-37-20)38-15-27(30,31)32)17-12-16(10-11-18(17)29)28-39-14-25(7,8)42-28/h10-12,19H,13-15H2,1-9H3/t19-,26+/m0/s1. The van der Waals surface area contributed by atoms with Gasteiger partial charge in [-0.1, -0.05) is 12.1 Å². The van der Waals surface area contributed by atoms with Gasteiger partial charge in [0.05, 0.1) is 12.2 Å². The Kier molecular flexibility index (Phi) is 9.31. The second kappa shape index (κ2) is 11.6. The Labute approximate surface area is 242 Å². The van der Waals surface area contributed by atoms with Crippen molar-refractivity contribution in [2.24, 2.45) is 4.99 Å². The number of hydrogen-bond acceptors (Lipinski definition) is 9. The van der Waals surface area contributed by atoms with E-state index in [0.717, 1.165) is 6.07 Å². The first-order chi connectivity index (χ1) is 19.0. The number of rotatable bonds is 4. The second-order valence-corrected chi connectivity index (χ2v) is 12.8. The van der Waals surface area contributed by atoms with E-state index >= 15 is 4.39 Å². The van der Waals surface area contributed by atoms with Crippen molar-refractivity contribution in [3.8, 4) is 0 Å². The molecule has 0 aromatic heterocycles. The van der Waals surface area contributed by atoms with Crippen LogP contribution in [0.25, 0.3) is 0 Å². The monoisotopic (exact) mass is 604 g/mol. The molecule has 0 N–H and O–H groups in total. The van der Waals surface area contributed by atoms with Gasteiger partial charge in [0.2, 0.25) is 0 Å².